The molecule has 2 saturated heterocycles. The zero-order valence-electron chi connectivity index (χ0n) is 15.6. The summed E-state index contributed by atoms with van der Waals surface area (Å²) in [5, 5.41) is 10.3. The van der Waals surface area contributed by atoms with Crippen LogP contribution in [0, 0.1) is 0 Å². The molecule has 2 fully saturated rings. The molecular weight excluding hydrogens is 368 g/mol. The zero-order chi connectivity index (χ0) is 18.3. The lowest BCUT2D eigenvalue weighted by Crippen LogP contribution is -2.41. The number of hydrogen-bond acceptors (Lipinski definition) is 6. The molecule has 27 heavy (non-hydrogen) atoms. The van der Waals surface area contributed by atoms with Gasteiger partial charge in [0.2, 0.25) is 11.8 Å². The van der Waals surface area contributed by atoms with Gasteiger partial charge in [-0.1, -0.05) is 0 Å². The Hall–Kier alpha value is -2.19. The number of pyridine rings is 1. The van der Waals surface area contributed by atoms with Crippen LogP contribution < -0.4 is 15.5 Å². The number of nitrogens with zero attached hydrogens (tertiary/aromatic N) is 4. The first-order valence-corrected chi connectivity index (χ1v) is 9.15. The minimum atomic E-state index is -0.416. The van der Waals surface area contributed by atoms with Crippen LogP contribution in [0.1, 0.15) is 37.3 Å². The second kappa shape index (κ2) is 7.82. The number of hydrogen-bond donors (Lipinski definition) is 2. The Kier molecular flexibility index (Phi) is 5.67. The number of aryl methyl sites for hydroxylation is 1. The average molecular weight is 393 g/mol. The van der Waals surface area contributed by atoms with Crippen LogP contribution in [-0.4, -0.2) is 52.8 Å². The molecule has 0 bridgehead atoms. The number of fused-ring (bicyclic) bond motifs is 1. The highest BCUT2D eigenvalue weighted by Crippen LogP contribution is 2.31. The molecular formula is C18H25ClN6O2. The van der Waals surface area contributed by atoms with E-state index in [9.17, 15) is 9.59 Å². The molecule has 0 radical (unpaired) electrons. The minimum absolute atomic E-state index is 0. The number of anilines is 1. The van der Waals surface area contributed by atoms with Crippen molar-refractivity contribution in [1.29, 1.82) is 0 Å². The molecule has 9 heteroatoms. The van der Waals surface area contributed by atoms with Crippen LogP contribution in [0.15, 0.2) is 12.3 Å². The highest BCUT2D eigenvalue weighted by molar-refractivity contribution is 6.02. The quantitative estimate of drug-likeness (QED) is 0.760. The molecule has 1 unspecified atom stereocenters. The van der Waals surface area contributed by atoms with E-state index in [1.54, 1.807) is 4.68 Å². The fourth-order valence-electron chi connectivity index (χ4n) is 3.94. The predicted octanol–water partition coefficient (Wildman–Crippen LogP) is 1.10. The second-order valence-electron chi connectivity index (χ2n) is 7.12. The molecule has 2 N–H and O–H groups in total. The van der Waals surface area contributed by atoms with Crippen molar-refractivity contribution in [2.24, 2.45) is 7.05 Å². The summed E-state index contributed by atoms with van der Waals surface area (Å²) < 4.78 is 1.78. The van der Waals surface area contributed by atoms with Gasteiger partial charge in [-0.05, 0) is 32.4 Å². The highest BCUT2D eigenvalue weighted by Gasteiger charge is 2.32. The zero-order valence-corrected chi connectivity index (χ0v) is 16.4. The van der Waals surface area contributed by atoms with E-state index >= 15 is 0 Å². The van der Waals surface area contributed by atoms with Gasteiger partial charge in [-0.3, -0.25) is 24.6 Å². The number of imide groups is 1. The lowest BCUT2D eigenvalue weighted by atomic mass is 9.94. The van der Waals surface area contributed by atoms with E-state index in [4.69, 9.17) is 0 Å². The molecule has 4 heterocycles. The number of amides is 2. The van der Waals surface area contributed by atoms with Crippen LogP contribution in [0.3, 0.4) is 0 Å². The summed E-state index contributed by atoms with van der Waals surface area (Å²) >= 11 is 0. The Labute approximate surface area is 164 Å². The lowest BCUT2D eigenvalue weighted by molar-refractivity contribution is -0.134. The Morgan fingerprint density at radius 1 is 1.22 bits per heavy atom. The van der Waals surface area contributed by atoms with Crippen LogP contribution >= 0.6 is 12.4 Å². The van der Waals surface area contributed by atoms with Gasteiger partial charge >= 0.3 is 0 Å². The van der Waals surface area contributed by atoms with Crippen LogP contribution in [0.2, 0.25) is 0 Å². The molecule has 146 valence electrons. The third-order valence-electron chi connectivity index (χ3n) is 5.54. The molecule has 2 aliphatic rings. The maximum Gasteiger partial charge on any atom is 0.235 e. The van der Waals surface area contributed by atoms with E-state index in [1.165, 1.54) is 0 Å². The van der Waals surface area contributed by atoms with E-state index in [2.05, 4.69) is 31.7 Å². The minimum Gasteiger partial charge on any atom is -0.370 e. The van der Waals surface area contributed by atoms with Crippen LogP contribution in [0.4, 0.5) is 5.69 Å². The van der Waals surface area contributed by atoms with Crippen molar-refractivity contribution >= 4 is 40.9 Å². The molecule has 2 aliphatic heterocycles. The van der Waals surface area contributed by atoms with E-state index in [0.29, 0.717) is 24.6 Å². The number of piperidine rings is 2. The number of carbonyl (C=O) groups is 2. The Balaban J connectivity index is 0.00000210. The van der Waals surface area contributed by atoms with Gasteiger partial charge in [-0.15, -0.1) is 12.4 Å². The summed E-state index contributed by atoms with van der Waals surface area (Å²) in [7, 11) is 3.89. The summed E-state index contributed by atoms with van der Waals surface area (Å²) in [6, 6.07) is 2.68. The van der Waals surface area contributed by atoms with Crippen LogP contribution in [0.5, 0.6) is 0 Å². The highest BCUT2D eigenvalue weighted by atomic mass is 35.5. The summed E-state index contributed by atoms with van der Waals surface area (Å²) in [6.45, 7) is 1.99. The molecule has 1 atom stereocenters. The van der Waals surface area contributed by atoms with Gasteiger partial charge in [-0.25, -0.2) is 0 Å². The normalized spacial score (nSPS) is 21.3. The van der Waals surface area contributed by atoms with Crippen molar-refractivity contribution in [2.75, 3.05) is 25.0 Å². The second-order valence-corrected chi connectivity index (χ2v) is 7.12. The van der Waals surface area contributed by atoms with Crippen molar-refractivity contribution in [2.45, 2.75) is 37.6 Å². The smallest absolute Gasteiger partial charge is 0.235 e. The van der Waals surface area contributed by atoms with E-state index < -0.39 is 5.92 Å². The van der Waals surface area contributed by atoms with E-state index in [0.717, 1.165) is 42.7 Å². The first-order chi connectivity index (χ1) is 12.6. The Morgan fingerprint density at radius 2 is 1.96 bits per heavy atom. The predicted molar refractivity (Wildman–Crippen MR) is 105 cm³/mol. The molecule has 2 aromatic heterocycles. The summed E-state index contributed by atoms with van der Waals surface area (Å²) in [5.74, 6) is -0.908. The number of nitrogens with one attached hydrogen (secondary N) is 2. The molecule has 0 aromatic carbocycles. The third kappa shape index (κ3) is 3.64. The lowest BCUT2D eigenvalue weighted by Gasteiger charge is -2.33. The molecule has 0 aliphatic carbocycles. The molecule has 2 amide bonds. The first kappa shape index (κ1) is 19.6. The van der Waals surface area contributed by atoms with Crippen molar-refractivity contribution < 1.29 is 9.59 Å². The Morgan fingerprint density at radius 3 is 2.63 bits per heavy atom. The van der Waals surface area contributed by atoms with Gasteiger partial charge < -0.3 is 10.2 Å². The fraction of sp³-hybridized carbons (Fsp3) is 0.556. The van der Waals surface area contributed by atoms with Crippen molar-refractivity contribution in [3.8, 4) is 0 Å². The van der Waals surface area contributed by atoms with Gasteiger partial charge in [0.25, 0.3) is 0 Å². The molecule has 4 rings (SSSR count). The third-order valence-corrected chi connectivity index (χ3v) is 5.54. The maximum atomic E-state index is 12.2. The molecule has 0 spiro atoms. The van der Waals surface area contributed by atoms with Gasteiger partial charge in [0, 0.05) is 32.6 Å². The largest absolute Gasteiger partial charge is 0.370 e. The van der Waals surface area contributed by atoms with Gasteiger partial charge in [-0.2, -0.15) is 5.10 Å². The first-order valence-electron chi connectivity index (χ1n) is 9.15. The van der Waals surface area contributed by atoms with Gasteiger partial charge in [0.05, 0.1) is 23.3 Å². The van der Waals surface area contributed by atoms with Crippen molar-refractivity contribution in [3.63, 3.8) is 0 Å². The maximum absolute atomic E-state index is 12.2. The van der Waals surface area contributed by atoms with Gasteiger partial charge in [0.1, 0.15) is 11.2 Å². The average Bonchev–Trinajstić information content (AvgIpc) is 2.98. The number of aromatic nitrogens is 3. The SMILES string of the molecule is CNC1CCN(c2cnc3c(C4CCC(=O)NC4=O)nn(C)c3c2)CC1.Cl. The van der Waals surface area contributed by atoms with Gasteiger partial charge in [0.15, 0.2) is 0 Å². The van der Waals surface area contributed by atoms with Crippen molar-refractivity contribution in [3.05, 3.63) is 18.0 Å². The topological polar surface area (TPSA) is 92.2 Å². The summed E-state index contributed by atoms with van der Waals surface area (Å²) in [6.07, 6.45) is 4.92. The molecule has 2 aromatic rings. The van der Waals surface area contributed by atoms with Crippen LogP contribution in [0.25, 0.3) is 11.0 Å². The summed E-state index contributed by atoms with van der Waals surface area (Å²) in [5.41, 5.74) is 3.41. The molecule has 8 nitrogen and oxygen atoms in total. The number of halogens is 1. The monoisotopic (exact) mass is 392 g/mol. The number of carbonyl (C=O) groups excluding carboxylic acids is 2. The van der Waals surface area contributed by atoms with E-state index in [-0.39, 0.29) is 24.2 Å². The standard InChI is InChI=1S/C18H24N6O2.ClH/c1-19-11-5-7-24(8-6-11)12-9-14-17(20-10-12)16(22-23(14)2)13-3-4-15(25)21-18(13)26;/h9-11,13,19H,3-8H2,1-2H3,(H,21,25,26);1H. The number of rotatable bonds is 3. The summed E-state index contributed by atoms with van der Waals surface area (Å²) in [4.78, 5) is 30.6. The fourth-order valence-corrected chi connectivity index (χ4v) is 3.94. The van der Waals surface area contributed by atoms with E-state index in [1.807, 2.05) is 20.3 Å². The Bertz CT molecular complexity index is 859. The van der Waals surface area contributed by atoms with Crippen molar-refractivity contribution in [1.82, 2.24) is 25.4 Å². The molecule has 0 saturated carbocycles. The van der Waals surface area contributed by atoms with Crippen LogP contribution in [-0.2, 0) is 16.6 Å².